The smallest absolute Gasteiger partial charge is 0.242 e. The zero-order valence-corrected chi connectivity index (χ0v) is 18.0. The molecule has 0 radical (unpaired) electrons. The standard InChI is InChI=1S/C23H32N4O2/c1-16-22-18(13-23(2,3)14-20(22)28)24-17-7-5-6-8-19(17)27(16)15-21(29)26-11-9-25(4)10-12-26/h5-8,16,24H,9-15H2,1-4H3/t16-/m0/s1. The van der Waals surface area contributed by atoms with Crippen LogP contribution < -0.4 is 10.2 Å². The van der Waals surface area contributed by atoms with Gasteiger partial charge >= 0.3 is 0 Å². The zero-order chi connectivity index (χ0) is 20.8. The number of amides is 1. The minimum Gasteiger partial charge on any atom is -0.357 e. The van der Waals surface area contributed by atoms with Gasteiger partial charge in [0.05, 0.1) is 24.0 Å². The molecular formula is C23H32N4O2. The third kappa shape index (κ3) is 3.90. The molecule has 0 bridgehead atoms. The van der Waals surface area contributed by atoms with Crippen LogP contribution in [0.5, 0.6) is 0 Å². The molecule has 29 heavy (non-hydrogen) atoms. The minimum atomic E-state index is -0.138. The van der Waals surface area contributed by atoms with E-state index in [-0.39, 0.29) is 29.7 Å². The fourth-order valence-corrected chi connectivity index (χ4v) is 4.81. The highest BCUT2D eigenvalue weighted by Crippen LogP contribution is 2.43. The Morgan fingerprint density at radius 3 is 2.55 bits per heavy atom. The summed E-state index contributed by atoms with van der Waals surface area (Å²) in [5, 5.41) is 3.55. The van der Waals surface area contributed by atoms with Gasteiger partial charge in [-0.2, -0.15) is 0 Å². The van der Waals surface area contributed by atoms with E-state index in [1.165, 1.54) is 0 Å². The first-order chi connectivity index (χ1) is 13.7. The van der Waals surface area contributed by atoms with Crippen LogP contribution in [0.15, 0.2) is 35.5 Å². The van der Waals surface area contributed by atoms with Crippen LogP contribution in [0.3, 0.4) is 0 Å². The van der Waals surface area contributed by atoms with E-state index in [9.17, 15) is 9.59 Å². The molecule has 1 N–H and O–H groups in total. The van der Waals surface area contributed by atoms with E-state index in [1.54, 1.807) is 0 Å². The maximum atomic E-state index is 13.1. The normalized spacial score (nSPS) is 24.6. The fraction of sp³-hybridized carbons (Fsp3) is 0.565. The molecule has 1 amide bonds. The van der Waals surface area contributed by atoms with Gasteiger partial charge in [0, 0.05) is 43.9 Å². The predicted octanol–water partition coefficient (Wildman–Crippen LogP) is 2.72. The number of nitrogens with zero attached hydrogens (tertiary/aromatic N) is 3. The Kier molecular flexibility index (Phi) is 5.15. The molecule has 1 saturated heterocycles. The summed E-state index contributed by atoms with van der Waals surface area (Å²) < 4.78 is 0. The molecule has 1 aromatic carbocycles. The molecule has 0 unspecified atom stereocenters. The van der Waals surface area contributed by atoms with E-state index in [4.69, 9.17) is 0 Å². The van der Waals surface area contributed by atoms with Gasteiger partial charge in [-0.05, 0) is 37.9 Å². The van der Waals surface area contributed by atoms with Crippen molar-refractivity contribution in [1.82, 2.24) is 9.80 Å². The van der Waals surface area contributed by atoms with E-state index < -0.39 is 0 Å². The molecule has 2 heterocycles. The van der Waals surface area contributed by atoms with Crippen molar-refractivity contribution >= 4 is 23.1 Å². The molecule has 4 rings (SSSR count). The second-order valence-electron chi connectivity index (χ2n) is 9.46. The number of ketones is 1. The lowest BCUT2D eigenvalue weighted by Crippen LogP contribution is -2.51. The quantitative estimate of drug-likeness (QED) is 0.833. The average molecular weight is 397 g/mol. The topological polar surface area (TPSA) is 55.9 Å². The Bertz CT molecular complexity index is 852. The highest BCUT2D eigenvalue weighted by Gasteiger charge is 2.39. The lowest BCUT2D eigenvalue weighted by molar-refractivity contribution is -0.131. The maximum absolute atomic E-state index is 13.1. The van der Waals surface area contributed by atoms with Crippen molar-refractivity contribution in [3.8, 4) is 0 Å². The third-order valence-corrected chi connectivity index (χ3v) is 6.47. The summed E-state index contributed by atoms with van der Waals surface area (Å²) in [4.78, 5) is 32.5. The molecule has 156 valence electrons. The minimum absolute atomic E-state index is 0.0532. The molecule has 0 aromatic heterocycles. The number of para-hydroxylation sites is 2. The Morgan fingerprint density at radius 2 is 1.83 bits per heavy atom. The molecular weight excluding hydrogens is 364 g/mol. The number of allylic oxidation sites excluding steroid dienone is 1. The number of hydrogen-bond acceptors (Lipinski definition) is 5. The average Bonchev–Trinajstić information content (AvgIpc) is 2.76. The molecule has 3 aliphatic rings. The van der Waals surface area contributed by atoms with E-state index in [2.05, 4.69) is 42.9 Å². The van der Waals surface area contributed by atoms with Crippen molar-refractivity contribution in [2.45, 2.75) is 39.7 Å². The van der Waals surface area contributed by atoms with Crippen molar-refractivity contribution in [3.63, 3.8) is 0 Å². The highest BCUT2D eigenvalue weighted by atomic mass is 16.2. The van der Waals surface area contributed by atoms with Crippen molar-refractivity contribution in [2.75, 3.05) is 50.0 Å². The van der Waals surface area contributed by atoms with Crippen molar-refractivity contribution in [2.24, 2.45) is 5.41 Å². The number of likely N-dealkylation sites (N-methyl/N-ethyl adjacent to an activating group) is 1. The molecule has 1 atom stereocenters. The van der Waals surface area contributed by atoms with Gasteiger partial charge in [-0.25, -0.2) is 0 Å². The Labute approximate surface area is 173 Å². The SMILES string of the molecule is C[C@H]1C2=C(CC(C)(C)CC2=O)Nc2ccccc2N1CC(=O)N1CCN(C)CC1. The number of hydrogen-bond donors (Lipinski definition) is 1. The van der Waals surface area contributed by atoms with Gasteiger partial charge in [0.2, 0.25) is 5.91 Å². The zero-order valence-electron chi connectivity index (χ0n) is 18.0. The number of fused-ring (bicyclic) bond motifs is 1. The number of carbonyl (C=O) groups excluding carboxylic acids is 2. The van der Waals surface area contributed by atoms with Gasteiger partial charge < -0.3 is 20.0 Å². The monoisotopic (exact) mass is 396 g/mol. The number of anilines is 2. The summed E-state index contributed by atoms with van der Waals surface area (Å²) in [6.07, 6.45) is 1.39. The van der Waals surface area contributed by atoms with Crippen LogP contribution in [0.1, 0.15) is 33.6 Å². The molecule has 1 aromatic rings. The summed E-state index contributed by atoms with van der Waals surface area (Å²) in [6.45, 7) is 9.98. The van der Waals surface area contributed by atoms with Gasteiger partial charge in [-0.1, -0.05) is 26.0 Å². The summed E-state index contributed by atoms with van der Waals surface area (Å²) in [7, 11) is 2.09. The fourth-order valence-electron chi connectivity index (χ4n) is 4.81. The number of carbonyl (C=O) groups is 2. The van der Waals surface area contributed by atoms with Crippen LogP contribution in [0.2, 0.25) is 0 Å². The molecule has 6 nitrogen and oxygen atoms in total. The Balaban J connectivity index is 1.67. The van der Waals surface area contributed by atoms with Gasteiger partial charge in [0.1, 0.15) is 0 Å². The first kappa shape index (κ1) is 20.0. The van der Waals surface area contributed by atoms with Crippen molar-refractivity contribution in [1.29, 1.82) is 0 Å². The van der Waals surface area contributed by atoms with Crippen molar-refractivity contribution in [3.05, 3.63) is 35.5 Å². The molecule has 0 spiro atoms. The lowest BCUT2D eigenvalue weighted by Gasteiger charge is -2.38. The molecule has 1 fully saturated rings. The first-order valence-electron chi connectivity index (χ1n) is 10.6. The van der Waals surface area contributed by atoms with Crippen LogP contribution >= 0.6 is 0 Å². The van der Waals surface area contributed by atoms with Crippen LogP contribution in [0.25, 0.3) is 0 Å². The van der Waals surface area contributed by atoms with E-state index >= 15 is 0 Å². The summed E-state index contributed by atoms with van der Waals surface area (Å²) >= 11 is 0. The predicted molar refractivity (Wildman–Crippen MR) is 116 cm³/mol. The van der Waals surface area contributed by atoms with E-state index in [0.29, 0.717) is 6.42 Å². The highest BCUT2D eigenvalue weighted by molar-refractivity contribution is 6.01. The molecule has 0 saturated carbocycles. The second kappa shape index (κ2) is 7.48. The first-order valence-corrected chi connectivity index (χ1v) is 10.6. The summed E-state index contributed by atoms with van der Waals surface area (Å²) in [5.41, 5.74) is 3.76. The number of piperazine rings is 1. The lowest BCUT2D eigenvalue weighted by atomic mass is 9.74. The Morgan fingerprint density at radius 1 is 1.14 bits per heavy atom. The van der Waals surface area contributed by atoms with Crippen LogP contribution in [-0.4, -0.2) is 67.3 Å². The molecule has 1 aliphatic carbocycles. The maximum Gasteiger partial charge on any atom is 0.242 e. The third-order valence-electron chi connectivity index (χ3n) is 6.47. The van der Waals surface area contributed by atoms with E-state index in [0.717, 1.165) is 55.2 Å². The number of nitrogens with one attached hydrogen (secondary N) is 1. The van der Waals surface area contributed by atoms with Gasteiger partial charge in [0.25, 0.3) is 0 Å². The largest absolute Gasteiger partial charge is 0.357 e. The Hall–Kier alpha value is -2.34. The van der Waals surface area contributed by atoms with Crippen LogP contribution in [-0.2, 0) is 9.59 Å². The number of Topliss-reactive ketones (excluding diaryl/α,β-unsaturated/α-hetero) is 1. The van der Waals surface area contributed by atoms with Gasteiger partial charge in [0.15, 0.2) is 5.78 Å². The number of benzene rings is 1. The molecule has 6 heteroatoms. The van der Waals surface area contributed by atoms with Crippen LogP contribution in [0.4, 0.5) is 11.4 Å². The number of rotatable bonds is 2. The molecule has 2 aliphatic heterocycles. The van der Waals surface area contributed by atoms with E-state index in [1.807, 2.05) is 29.2 Å². The summed E-state index contributed by atoms with van der Waals surface area (Å²) in [5.74, 6) is 0.327. The summed E-state index contributed by atoms with van der Waals surface area (Å²) in [6, 6.07) is 7.94. The van der Waals surface area contributed by atoms with Gasteiger partial charge in [-0.3, -0.25) is 9.59 Å². The van der Waals surface area contributed by atoms with Crippen molar-refractivity contribution < 1.29 is 9.59 Å². The van der Waals surface area contributed by atoms with Crippen LogP contribution in [0, 0.1) is 5.41 Å². The second-order valence-corrected chi connectivity index (χ2v) is 9.46. The van der Waals surface area contributed by atoms with Gasteiger partial charge in [-0.15, -0.1) is 0 Å².